The minimum absolute atomic E-state index is 0.119. The molecule has 0 fully saturated rings. The van der Waals surface area contributed by atoms with Crippen LogP contribution in [-0.4, -0.2) is 19.0 Å². The molecule has 0 radical (unpaired) electrons. The summed E-state index contributed by atoms with van der Waals surface area (Å²) in [5, 5.41) is 11.8. The number of benzene rings is 2. The third kappa shape index (κ3) is 7.63. The van der Waals surface area contributed by atoms with Gasteiger partial charge in [-0.05, 0) is 54.2 Å². The molecule has 2 rings (SSSR count). The second-order valence-electron chi connectivity index (χ2n) is 8.80. The second-order valence-corrected chi connectivity index (χ2v) is 8.80. The summed E-state index contributed by atoms with van der Waals surface area (Å²) in [6.45, 7) is 8.72. The number of carbonyl (C=O) groups is 1. The second kappa shape index (κ2) is 9.86. The number of nitrogens with zero attached hydrogens (tertiary/aromatic N) is 2. The Balaban J connectivity index is 2.16. The highest BCUT2D eigenvalue weighted by Crippen LogP contribution is 2.35. The van der Waals surface area contributed by atoms with Crippen molar-refractivity contribution in [2.45, 2.75) is 46.7 Å². The van der Waals surface area contributed by atoms with E-state index in [1.54, 1.807) is 12.1 Å². The summed E-state index contributed by atoms with van der Waals surface area (Å²) in [7, 11) is 0. The number of hydrogen-bond acceptors (Lipinski definition) is 3. The molecule has 0 saturated carbocycles. The van der Waals surface area contributed by atoms with E-state index in [2.05, 4.69) is 5.32 Å². The van der Waals surface area contributed by atoms with Gasteiger partial charge in [-0.2, -0.15) is 18.4 Å². The van der Waals surface area contributed by atoms with E-state index in [0.29, 0.717) is 18.8 Å². The Bertz CT molecular complexity index is 939. The summed E-state index contributed by atoms with van der Waals surface area (Å²) in [6.07, 6.45) is -3.08. The number of hydrogen-bond donors (Lipinski definition) is 1. The molecular formula is C24H28F3N3O. The molecule has 31 heavy (non-hydrogen) atoms. The van der Waals surface area contributed by atoms with Crippen molar-refractivity contribution in [3.8, 4) is 6.07 Å². The third-order valence-electron chi connectivity index (χ3n) is 4.63. The van der Waals surface area contributed by atoms with Gasteiger partial charge in [-0.3, -0.25) is 4.79 Å². The molecule has 1 N–H and O–H groups in total. The number of nitrogens with one attached hydrogen (secondary N) is 1. The molecule has 0 spiro atoms. The largest absolute Gasteiger partial charge is 0.417 e. The maximum Gasteiger partial charge on any atom is 0.417 e. The summed E-state index contributed by atoms with van der Waals surface area (Å²) in [5.41, 5.74) is 0.878. The fourth-order valence-corrected chi connectivity index (χ4v) is 3.37. The van der Waals surface area contributed by atoms with Gasteiger partial charge in [-0.15, -0.1) is 0 Å². The van der Waals surface area contributed by atoms with Gasteiger partial charge in [0.15, 0.2) is 0 Å². The molecule has 2 aromatic carbocycles. The molecule has 0 heterocycles. The number of rotatable bonds is 7. The molecule has 0 aliphatic carbocycles. The number of halogens is 3. The fraction of sp³-hybridized carbons (Fsp3) is 0.417. The zero-order valence-corrected chi connectivity index (χ0v) is 18.3. The highest BCUT2D eigenvalue weighted by Gasteiger charge is 2.34. The van der Waals surface area contributed by atoms with Crippen LogP contribution in [0, 0.1) is 16.7 Å². The van der Waals surface area contributed by atoms with Gasteiger partial charge in [0.1, 0.15) is 0 Å². The minimum atomic E-state index is -4.58. The lowest BCUT2D eigenvalue weighted by molar-refractivity contribution is -0.137. The summed E-state index contributed by atoms with van der Waals surface area (Å²) >= 11 is 0. The molecule has 0 aliphatic rings. The van der Waals surface area contributed by atoms with Crippen LogP contribution < -0.4 is 10.2 Å². The van der Waals surface area contributed by atoms with E-state index in [4.69, 9.17) is 5.26 Å². The number of aryl methyl sites for hydroxylation is 1. The summed E-state index contributed by atoms with van der Waals surface area (Å²) < 4.78 is 40.2. The van der Waals surface area contributed by atoms with Crippen molar-refractivity contribution in [1.29, 1.82) is 5.26 Å². The molecule has 7 heteroatoms. The molecule has 2 aromatic rings. The van der Waals surface area contributed by atoms with Crippen LogP contribution in [0.5, 0.6) is 0 Å². The van der Waals surface area contributed by atoms with E-state index in [0.717, 1.165) is 30.2 Å². The molecule has 0 aromatic heterocycles. The first-order valence-corrected chi connectivity index (χ1v) is 10.1. The molecule has 4 nitrogen and oxygen atoms in total. The van der Waals surface area contributed by atoms with Gasteiger partial charge in [-0.25, -0.2) is 0 Å². The lowest BCUT2D eigenvalue weighted by Crippen LogP contribution is -2.34. The van der Waals surface area contributed by atoms with E-state index >= 15 is 0 Å². The van der Waals surface area contributed by atoms with Crippen molar-refractivity contribution in [2.75, 3.05) is 23.3 Å². The van der Waals surface area contributed by atoms with Crippen molar-refractivity contribution < 1.29 is 18.0 Å². The number of amides is 1. The van der Waals surface area contributed by atoms with E-state index in [9.17, 15) is 18.0 Å². The van der Waals surface area contributed by atoms with E-state index in [1.165, 1.54) is 13.0 Å². The van der Waals surface area contributed by atoms with Crippen molar-refractivity contribution >= 4 is 17.3 Å². The van der Waals surface area contributed by atoms with Crippen molar-refractivity contribution in [1.82, 2.24) is 0 Å². The third-order valence-corrected chi connectivity index (χ3v) is 4.63. The zero-order valence-electron chi connectivity index (χ0n) is 18.3. The fourth-order valence-electron chi connectivity index (χ4n) is 3.37. The Kier molecular flexibility index (Phi) is 7.72. The highest BCUT2D eigenvalue weighted by atomic mass is 19.4. The van der Waals surface area contributed by atoms with Crippen LogP contribution in [0.3, 0.4) is 0 Å². The SMILES string of the molecule is CC(=O)Nc1ccc(CCCN(CC(C)(C)C)c2ccc(C#N)c(C(F)(F)F)c2)cc1. The average molecular weight is 432 g/mol. The van der Waals surface area contributed by atoms with Crippen molar-refractivity contribution in [3.63, 3.8) is 0 Å². The normalized spacial score (nSPS) is 11.7. The maximum absolute atomic E-state index is 13.4. The Morgan fingerprint density at radius 3 is 2.26 bits per heavy atom. The lowest BCUT2D eigenvalue weighted by Gasteiger charge is -2.32. The van der Waals surface area contributed by atoms with Crippen LogP contribution in [-0.2, 0) is 17.4 Å². The molecule has 166 valence electrons. The van der Waals surface area contributed by atoms with Crippen LogP contribution in [0.15, 0.2) is 42.5 Å². The molecule has 0 aliphatic heterocycles. The van der Waals surface area contributed by atoms with Gasteiger partial charge in [0.2, 0.25) is 5.91 Å². The monoisotopic (exact) mass is 431 g/mol. The van der Waals surface area contributed by atoms with Gasteiger partial charge in [-0.1, -0.05) is 32.9 Å². The lowest BCUT2D eigenvalue weighted by atomic mass is 9.95. The Morgan fingerprint density at radius 1 is 1.10 bits per heavy atom. The molecule has 0 atom stereocenters. The van der Waals surface area contributed by atoms with Crippen LogP contribution in [0.1, 0.15) is 50.8 Å². The van der Waals surface area contributed by atoms with Crippen molar-refractivity contribution in [3.05, 3.63) is 59.2 Å². The minimum Gasteiger partial charge on any atom is -0.371 e. The first kappa shape index (κ1) is 24.3. The van der Waals surface area contributed by atoms with Gasteiger partial charge in [0.25, 0.3) is 0 Å². The van der Waals surface area contributed by atoms with E-state index < -0.39 is 11.7 Å². The van der Waals surface area contributed by atoms with Gasteiger partial charge < -0.3 is 10.2 Å². The van der Waals surface area contributed by atoms with Crippen molar-refractivity contribution in [2.24, 2.45) is 5.41 Å². The zero-order chi connectivity index (χ0) is 23.2. The Labute approximate surface area is 181 Å². The first-order valence-electron chi connectivity index (χ1n) is 10.1. The number of alkyl halides is 3. The quantitative estimate of drug-likeness (QED) is 0.583. The van der Waals surface area contributed by atoms with Gasteiger partial charge >= 0.3 is 6.18 Å². The summed E-state index contributed by atoms with van der Waals surface area (Å²) in [5.74, 6) is -0.133. The average Bonchev–Trinajstić information content (AvgIpc) is 2.66. The molecule has 0 saturated heterocycles. The van der Waals surface area contributed by atoms with Gasteiger partial charge in [0.05, 0.1) is 17.2 Å². The smallest absolute Gasteiger partial charge is 0.371 e. The van der Waals surface area contributed by atoms with Crippen LogP contribution in [0.4, 0.5) is 24.5 Å². The molecule has 0 unspecified atom stereocenters. The van der Waals surface area contributed by atoms with Crippen LogP contribution in [0.25, 0.3) is 0 Å². The predicted octanol–water partition coefficient (Wildman–Crippen LogP) is 6.02. The van der Waals surface area contributed by atoms with Crippen LogP contribution in [0.2, 0.25) is 0 Å². The first-order chi connectivity index (χ1) is 14.4. The van der Waals surface area contributed by atoms with Crippen LogP contribution >= 0.6 is 0 Å². The standard InChI is InChI=1S/C24H28F3N3O/c1-17(31)29-20-10-7-18(8-11-20)6-5-13-30(16-23(2,3)4)21-12-9-19(15-28)22(14-21)24(25,26)27/h7-12,14H,5-6,13,16H2,1-4H3,(H,29,31). The number of nitriles is 1. The van der Waals surface area contributed by atoms with E-state index in [1.807, 2.05) is 49.9 Å². The van der Waals surface area contributed by atoms with E-state index in [-0.39, 0.29) is 16.9 Å². The summed E-state index contributed by atoms with van der Waals surface area (Å²) in [4.78, 5) is 13.1. The molecular weight excluding hydrogens is 403 g/mol. The highest BCUT2D eigenvalue weighted by molar-refractivity contribution is 5.88. The number of carbonyl (C=O) groups excluding carboxylic acids is 1. The predicted molar refractivity (Wildman–Crippen MR) is 117 cm³/mol. The maximum atomic E-state index is 13.4. The number of anilines is 2. The topological polar surface area (TPSA) is 56.1 Å². The summed E-state index contributed by atoms with van der Waals surface area (Å²) in [6, 6.07) is 13.1. The Morgan fingerprint density at radius 2 is 1.74 bits per heavy atom. The molecule has 0 bridgehead atoms. The molecule has 1 amide bonds. The van der Waals surface area contributed by atoms with Gasteiger partial charge in [0, 0.05) is 31.4 Å². The Hall–Kier alpha value is -3.01.